The van der Waals surface area contributed by atoms with Crippen LogP contribution in [-0.4, -0.2) is 10.2 Å². The molecule has 2 aromatic rings. The Hall–Kier alpha value is -1.15. The lowest BCUT2D eigenvalue weighted by Gasteiger charge is -2.07. The fourth-order valence-corrected chi connectivity index (χ4v) is 2.32. The smallest absolute Gasteiger partial charge is 0.0456 e. The number of nitrogens with one attached hydrogen (secondary N) is 1. The molecule has 0 spiro atoms. The maximum Gasteiger partial charge on any atom is 0.0456 e. The molecule has 19 heavy (non-hydrogen) atoms. The van der Waals surface area contributed by atoms with Gasteiger partial charge in [-0.15, -0.1) is 0 Å². The van der Waals surface area contributed by atoms with Gasteiger partial charge >= 0.3 is 0 Å². The van der Waals surface area contributed by atoms with Crippen LogP contribution in [0, 0.1) is 6.92 Å². The van der Waals surface area contributed by atoms with Crippen molar-refractivity contribution in [1.29, 1.82) is 0 Å². The molecular weight excluding hydrogens is 250 g/mol. The number of aryl methyl sites for hydroxylation is 1. The van der Waals surface area contributed by atoms with Crippen molar-refractivity contribution in [2.45, 2.75) is 45.3 Å². The van der Waals surface area contributed by atoms with E-state index in [0.717, 1.165) is 0 Å². The molecule has 0 aliphatic heterocycles. The molecule has 0 amide bonds. The highest BCUT2D eigenvalue weighted by Crippen LogP contribution is 2.15. The summed E-state index contributed by atoms with van der Waals surface area (Å²) in [6.07, 6.45) is 10.3. The van der Waals surface area contributed by atoms with Gasteiger partial charge in [-0.2, -0.15) is 12.6 Å². The van der Waals surface area contributed by atoms with E-state index in [-0.39, 0.29) is 0 Å². The first kappa shape index (κ1) is 15.9. The second-order valence-electron chi connectivity index (χ2n) is 4.44. The van der Waals surface area contributed by atoms with Crippen LogP contribution >= 0.6 is 12.6 Å². The lowest BCUT2D eigenvalue weighted by molar-refractivity contribution is 0.744. The minimum atomic E-state index is 0.550. The summed E-state index contributed by atoms with van der Waals surface area (Å²) in [7, 11) is 0. The number of para-hydroxylation sites is 1. The molecule has 0 saturated carbocycles. The molecule has 3 rings (SSSR count). The highest BCUT2D eigenvalue weighted by atomic mass is 32.1. The van der Waals surface area contributed by atoms with Gasteiger partial charge in [-0.3, -0.25) is 0 Å². The Morgan fingerprint density at radius 3 is 2.47 bits per heavy atom. The van der Waals surface area contributed by atoms with Crippen LogP contribution < -0.4 is 0 Å². The molecule has 1 heterocycles. The first-order valence-electron chi connectivity index (χ1n) is 7.15. The van der Waals surface area contributed by atoms with E-state index in [0.29, 0.717) is 5.25 Å². The molecule has 0 fully saturated rings. The first-order chi connectivity index (χ1) is 9.27. The average Bonchev–Trinajstić information content (AvgIpc) is 2.85. The maximum atomic E-state index is 4.27. The number of allylic oxidation sites excluding steroid dienone is 1. The number of fused-ring (bicyclic) bond motifs is 1. The molecule has 1 aromatic heterocycles. The standard InChI is InChI=1S/C9H9N.C6H10S.C2H6/c1-7-6-10-9-5-3-2-4-8(7)9;7-6-4-2-1-3-5-6;1-2/h2-6,10H,1H3;2,4,6-7H,1,3,5H2;1-2H3. The van der Waals surface area contributed by atoms with Gasteiger partial charge in [0.25, 0.3) is 0 Å². The van der Waals surface area contributed by atoms with Gasteiger partial charge in [0, 0.05) is 22.3 Å². The molecule has 1 unspecified atom stereocenters. The van der Waals surface area contributed by atoms with Crippen LogP contribution in [0.3, 0.4) is 0 Å². The molecule has 1 nitrogen and oxygen atoms in total. The largest absolute Gasteiger partial charge is 0.361 e. The third kappa shape index (κ3) is 5.15. The van der Waals surface area contributed by atoms with E-state index in [4.69, 9.17) is 0 Å². The predicted octanol–water partition coefficient (Wildman–Crippen LogP) is 5.53. The number of hydrogen-bond acceptors (Lipinski definition) is 1. The van der Waals surface area contributed by atoms with Crippen LogP contribution in [-0.2, 0) is 0 Å². The third-order valence-corrected chi connectivity index (χ3v) is 3.46. The maximum absolute atomic E-state index is 4.27. The number of H-pyrrole nitrogens is 1. The van der Waals surface area contributed by atoms with E-state index in [1.54, 1.807) is 0 Å². The summed E-state index contributed by atoms with van der Waals surface area (Å²) in [6, 6.07) is 8.31. The molecule has 1 aromatic carbocycles. The van der Waals surface area contributed by atoms with Gasteiger partial charge in [0.05, 0.1) is 0 Å². The number of aromatic amines is 1. The van der Waals surface area contributed by atoms with Gasteiger partial charge in [-0.05, 0) is 37.8 Å². The molecule has 0 bridgehead atoms. The summed E-state index contributed by atoms with van der Waals surface area (Å²) in [5.41, 5.74) is 2.54. The van der Waals surface area contributed by atoms with Crippen LogP contribution in [0.2, 0.25) is 0 Å². The second kappa shape index (κ2) is 8.87. The molecule has 0 saturated heterocycles. The zero-order chi connectivity index (χ0) is 14.1. The van der Waals surface area contributed by atoms with Gasteiger partial charge < -0.3 is 4.98 Å². The number of aromatic nitrogens is 1. The zero-order valence-corrected chi connectivity index (χ0v) is 13.1. The van der Waals surface area contributed by atoms with Crippen LogP contribution in [0.4, 0.5) is 0 Å². The fourth-order valence-electron chi connectivity index (χ4n) is 2.01. The van der Waals surface area contributed by atoms with Crippen molar-refractivity contribution < 1.29 is 0 Å². The van der Waals surface area contributed by atoms with Gasteiger partial charge in [0.15, 0.2) is 0 Å². The van der Waals surface area contributed by atoms with Crippen molar-refractivity contribution in [3.63, 3.8) is 0 Å². The van der Waals surface area contributed by atoms with Crippen LogP contribution in [0.1, 0.15) is 38.7 Å². The van der Waals surface area contributed by atoms with Crippen molar-refractivity contribution in [2.24, 2.45) is 0 Å². The fraction of sp³-hybridized carbons (Fsp3) is 0.412. The molecule has 1 aliphatic rings. The Morgan fingerprint density at radius 2 is 1.95 bits per heavy atom. The molecule has 104 valence electrons. The van der Waals surface area contributed by atoms with Crippen molar-refractivity contribution in [3.8, 4) is 0 Å². The van der Waals surface area contributed by atoms with E-state index in [1.807, 2.05) is 26.1 Å². The molecule has 0 radical (unpaired) electrons. The summed E-state index contributed by atoms with van der Waals surface area (Å²) in [5, 5.41) is 1.87. The van der Waals surface area contributed by atoms with Crippen LogP contribution in [0.15, 0.2) is 42.6 Å². The number of benzene rings is 1. The number of hydrogen-bond donors (Lipinski definition) is 2. The number of rotatable bonds is 0. The summed E-state index contributed by atoms with van der Waals surface area (Å²) in [5.74, 6) is 0. The van der Waals surface area contributed by atoms with Crippen LogP contribution in [0.25, 0.3) is 10.9 Å². The molecule has 2 heteroatoms. The number of thiol groups is 1. The summed E-state index contributed by atoms with van der Waals surface area (Å²) >= 11 is 4.27. The van der Waals surface area contributed by atoms with E-state index < -0.39 is 0 Å². The van der Waals surface area contributed by atoms with Gasteiger partial charge in [0.1, 0.15) is 0 Å². The average molecular weight is 275 g/mol. The second-order valence-corrected chi connectivity index (χ2v) is 5.11. The van der Waals surface area contributed by atoms with Gasteiger partial charge in [0.2, 0.25) is 0 Å². The van der Waals surface area contributed by atoms with E-state index in [2.05, 4.69) is 54.9 Å². The highest BCUT2D eigenvalue weighted by Gasteiger charge is 1.99. The van der Waals surface area contributed by atoms with Crippen molar-refractivity contribution in [2.75, 3.05) is 0 Å². The summed E-state index contributed by atoms with van der Waals surface area (Å²) in [6.45, 7) is 6.11. The van der Waals surface area contributed by atoms with Crippen molar-refractivity contribution in [3.05, 3.63) is 48.2 Å². The molecule has 1 N–H and O–H groups in total. The lowest BCUT2D eigenvalue weighted by Crippen LogP contribution is -1.96. The topological polar surface area (TPSA) is 15.8 Å². The molecule has 1 aliphatic carbocycles. The Bertz CT molecular complexity index is 499. The van der Waals surface area contributed by atoms with E-state index in [1.165, 1.54) is 35.7 Å². The normalized spacial score (nSPS) is 17.2. The Labute approximate surface area is 122 Å². The molecule has 1 atom stereocenters. The van der Waals surface area contributed by atoms with Crippen molar-refractivity contribution >= 4 is 23.5 Å². The van der Waals surface area contributed by atoms with Crippen molar-refractivity contribution in [1.82, 2.24) is 4.98 Å². The van der Waals surface area contributed by atoms with Crippen LogP contribution in [0.5, 0.6) is 0 Å². The summed E-state index contributed by atoms with van der Waals surface area (Å²) < 4.78 is 0. The Morgan fingerprint density at radius 1 is 1.21 bits per heavy atom. The predicted molar refractivity (Wildman–Crippen MR) is 90.1 cm³/mol. The van der Waals surface area contributed by atoms with Gasteiger partial charge in [-0.25, -0.2) is 0 Å². The van der Waals surface area contributed by atoms with E-state index >= 15 is 0 Å². The third-order valence-electron chi connectivity index (χ3n) is 3.02. The monoisotopic (exact) mass is 275 g/mol. The highest BCUT2D eigenvalue weighted by molar-refractivity contribution is 7.81. The minimum Gasteiger partial charge on any atom is -0.361 e. The Balaban J connectivity index is 0.000000177. The quantitative estimate of drug-likeness (QED) is 0.464. The summed E-state index contributed by atoms with van der Waals surface area (Å²) in [4.78, 5) is 3.19. The zero-order valence-electron chi connectivity index (χ0n) is 12.2. The lowest BCUT2D eigenvalue weighted by atomic mass is 10.1. The minimum absolute atomic E-state index is 0.550. The molecular formula is C17H25NS. The van der Waals surface area contributed by atoms with E-state index in [9.17, 15) is 0 Å². The van der Waals surface area contributed by atoms with Gasteiger partial charge in [-0.1, -0.05) is 44.2 Å². The first-order valence-corrected chi connectivity index (χ1v) is 7.66. The SMILES string of the molecule is CC.Cc1c[nH]c2ccccc12.SC1C=CCCC1. The Kier molecular flexibility index (Phi) is 7.42.